The maximum absolute atomic E-state index is 11.7. The van der Waals surface area contributed by atoms with E-state index in [0.717, 1.165) is 0 Å². The fourth-order valence-corrected chi connectivity index (χ4v) is 1.96. The number of alkyl halides is 1. The summed E-state index contributed by atoms with van der Waals surface area (Å²) in [6.45, 7) is 4.20. The van der Waals surface area contributed by atoms with E-state index in [9.17, 15) is 9.59 Å². The first-order valence-electron chi connectivity index (χ1n) is 5.47. The molecular weight excluding hydrogens is 292 g/mol. The zero-order valence-corrected chi connectivity index (χ0v) is 11.4. The van der Waals surface area contributed by atoms with Gasteiger partial charge in [0.25, 0.3) is 0 Å². The highest BCUT2D eigenvalue weighted by atomic mass is 79.9. The fraction of sp³-hybridized carbons (Fsp3) is 0.636. The summed E-state index contributed by atoms with van der Waals surface area (Å²) in [5, 5.41) is 0. The van der Waals surface area contributed by atoms with Crippen LogP contribution in [0.15, 0.2) is 11.3 Å². The highest BCUT2D eigenvalue weighted by molar-refractivity contribution is 9.09. The summed E-state index contributed by atoms with van der Waals surface area (Å²) in [7, 11) is 0. The van der Waals surface area contributed by atoms with Crippen molar-refractivity contribution in [3.05, 3.63) is 11.3 Å². The number of allylic oxidation sites excluding steroid dienone is 1. The number of esters is 2. The van der Waals surface area contributed by atoms with Gasteiger partial charge in [-0.15, -0.1) is 0 Å². The predicted molar refractivity (Wildman–Crippen MR) is 63.6 cm³/mol. The molecule has 0 saturated carbocycles. The molecule has 1 heterocycles. The summed E-state index contributed by atoms with van der Waals surface area (Å²) in [4.78, 5) is 23.3. The molecule has 6 heteroatoms. The third-order valence-electron chi connectivity index (χ3n) is 2.12. The van der Waals surface area contributed by atoms with Crippen LogP contribution in [0.3, 0.4) is 0 Å². The molecule has 1 unspecified atom stereocenters. The maximum Gasteiger partial charge on any atom is 0.349 e. The zero-order chi connectivity index (χ0) is 12.8. The number of carbonyl (C=O) groups is 2. The first-order valence-corrected chi connectivity index (χ1v) is 6.38. The van der Waals surface area contributed by atoms with E-state index in [-0.39, 0.29) is 23.6 Å². The lowest BCUT2D eigenvalue weighted by Gasteiger charge is -2.10. The van der Waals surface area contributed by atoms with E-state index >= 15 is 0 Å². The first-order chi connectivity index (χ1) is 8.11. The number of ether oxygens (including phenoxy) is 3. The molecule has 0 aromatic rings. The van der Waals surface area contributed by atoms with Crippen molar-refractivity contribution in [1.82, 2.24) is 0 Å². The number of halogens is 1. The first kappa shape index (κ1) is 14.0. The quantitative estimate of drug-likeness (QED) is 0.259. The highest BCUT2D eigenvalue weighted by Crippen LogP contribution is 2.28. The minimum Gasteiger partial charge on any atom is -0.495 e. The minimum atomic E-state index is -0.702. The van der Waals surface area contributed by atoms with Gasteiger partial charge in [0, 0.05) is 6.42 Å². The standard InChI is InChI=1S/C11H15BrO5/c1-3-15-10(13)8(11(14)16-4-2)9-7(12)5-6-17-9/h7H,3-6H2,1-2H3. The molecular formula is C11H15BrO5. The Balaban J connectivity index is 3.01. The van der Waals surface area contributed by atoms with E-state index in [4.69, 9.17) is 14.2 Å². The lowest BCUT2D eigenvalue weighted by molar-refractivity contribution is -0.147. The van der Waals surface area contributed by atoms with Crippen molar-refractivity contribution in [1.29, 1.82) is 0 Å². The monoisotopic (exact) mass is 306 g/mol. The fourth-order valence-electron chi connectivity index (χ4n) is 1.41. The van der Waals surface area contributed by atoms with Crippen LogP contribution in [0.5, 0.6) is 0 Å². The molecule has 1 rings (SSSR count). The molecule has 0 aliphatic carbocycles. The average Bonchev–Trinajstić information content (AvgIpc) is 2.66. The van der Waals surface area contributed by atoms with Gasteiger partial charge in [0.2, 0.25) is 0 Å². The van der Waals surface area contributed by atoms with Crippen molar-refractivity contribution in [2.45, 2.75) is 25.1 Å². The maximum atomic E-state index is 11.7. The summed E-state index contributed by atoms with van der Waals surface area (Å²) >= 11 is 3.35. The Labute approximate surface area is 108 Å². The molecule has 1 atom stereocenters. The van der Waals surface area contributed by atoms with E-state index in [0.29, 0.717) is 18.8 Å². The second-order valence-corrected chi connectivity index (χ2v) is 4.39. The van der Waals surface area contributed by atoms with Gasteiger partial charge in [0.1, 0.15) is 5.76 Å². The molecule has 0 amide bonds. The van der Waals surface area contributed by atoms with Crippen molar-refractivity contribution < 1.29 is 23.8 Å². The van der Waals surface area contributed by atoms with Gasteiger partial charge in [-0.25, -0.2) is 9.59 Å². The normalized spacial score (nSPS) is 18.5. The van der Waals surface area contributed by atoms with Crippen LogP contribution in [0.1, 0.15) is 20.3 Å². The van der Waals surface area contributed by atoms with Gasteiger partial charge in [-0.05, 0) is 13.8 Å². The molecule has 1 aliphatic heterocycles. The third kappa shape index (κ3) is 3.46. The molecule has 5 nitrogen and oxygen atoms in total. The number of rotatable bonds is 4. The van der Waals surface area contributed by atoms with Crippen LogP contribution in [-0.4, -0.2) is 36.6 Å². The molecule has 0 bridgehead atoms. The van der Waals surface area contributed by atoms with Crippen LogP contribution in [0, 0.1) is 0 Å². The lowest BCUT2D eigenvalue weighted by Crippen LogP contribution is -2.22. The van der Waals surface area contributed by atoms with Crippen LogP contribution in [0.4, 0.5) is 0 Å². The van der Waals surface area contributed by atoms with E-state index in [1.165, 1.54) is 0 Å². The number of carbonyl (C=O) groups excluding carboxylic acids is 2. The topological polar surface area (TPSA) is 61.8 Å². The summed E-state index contributed by atoms with van der Waals surface area (Å²) in [6, 6.07) is 0. The van der Waals surface area contributed by atoms with Gasteiger partial charge in [-0.1, -0.05) is 15.9 Å². The highest BCUT2D eigenvalue weighted by Gasteiger charge is 2.33. The second-order valence-electron chi connectivity index (χ2n) is 3.28. The summed E-state index contributed by atoms with van der Waals surface area (Å²) < 4.78 is 15.0. The molecule has 17 heavy (non-hydrogen) atoms. The smallest absolute Gasteiger partial charge is 0.349 e. The number of hydrogen-bond acceptors (Lipinski definition) is 5. The predicted octanol–water partition coefficient (Wildman–Crippen LogP) is 1.55. The van der Waals surface area contributed by atoms with E-state index in [1.807, 2.05) is 0 Å². The van der Waals surface area contributed by atoms with Crippen molar-refractivity contribution >= 4 is 27.9 Å². The SMILES string of the molecule is CCOC(=O)C(C(=O)OCC)=C1OCCC1Br. The Kier molecular flexibility index (Phi) is 5.47. The van der Waals surface area contributed by atoms with Crippen LogP contribution < -0.4 is 0 Å². The lowest BCUT2D eigenvalue weighted by atomic mass is 10.2. The van der Waals surface area contributed by atoms with Crippen molar-refractivity contribution in [2.24, 2.45) is 0 Å². The molecule has 0 aromatic heterocycles. The third-order valence-corrected chi connectivity index (χ3v) is 2.99. The summed E-state index contributed by atoms with van der Waals surface area (Å²) in [5.41, 5.74) is -0.145. The molecule has 0 aromatic carbocycles. The molecule has 0 N–H and O–H groups in total. The second kappa shape index (κ2) is 6.64. The van der Waals surface area contributed by atoms with Crippen molar-refractivity contribution in [3.63, 3.8) is 0 Å². The van der Waals surface area contributed by atoms with Gasteiger partial charge in [-0.3, -0.25) is 0 Å². The van der Waals surface area contributed by atoms with Crippen LogP contribution in [0.25, 0.3) is 0 Å². The molecule has 0 spiro atoms. The van der Waals surface area contributed by atoms with Gasteiger partial charge >= 0.3 is 11.9 Å². The van der Waals surface area contributed by atoms with E-state index < -0.39 is 11.9 Å². The number of hydrogen-bond donors (Lipinski definition) is 0. The minimum absolute atomic E-state index is 0.145. The molecule has 0 radical (unpaired) electrons. The van der Waals surface area contributed by atoms with Crippen LogP contribution in [0.2, 0.25) is 0 Å². The van der Waals surface area contributed by atoms with Gasteiger partial charge in [-0.2, -0.15) is 0 Å². The Morgan fingerprint density at radius 3 is 2.18 bits per heavy atom. The van der Waals surface area contributed by atoms with Gasteiger partial charge in [0.15, 0.2) is 5.57 Å². The van der Waals surface area contributed by atoms with Crippen molar-refractivity contribution in [3.8, 4) is 0 Å². The van der Waals surface area contributed by atoms with Crippen LogP contribution >= 0.6 is 15.9 Å². The summed E-state index contributed by atoms with van der Waals surface area (Å²) in [5.74, 6) is -1.10. The average molecular weight is 307 g/mol. The molecule has 96 valence electrons. The van der Waals surface area contributed by atoms with Gasteiger partial charge < -0.3 is 14.2 Å². The zero-order valence-electron chi connectivity index (χ0n) is 9.82. The Bertz CT molecular complexity index is 317. The molecule has 1 saturated heterocycles. The van der Waals surface area contributed by atoms with Crippen LogP contribution in [-0.2, 0) is 23.8 Å². The molecule has 1 aliphatic rings. The van der Waals surface area contributed by atoms with Gasteiger partial charge in [0.05, 0.1) is 24.6 Å². The summed E-state index contributed by atoms with van der Waals surface area (Å²) in [6.07, 6.45) is 0.706. The van der Waals surface area contributed by atoms with E-state index in [2.05, 4.69) is 15.9 Å². The largest absolute Gasteiger partial charge is 0.495 e. The Morgan fingerprint density at radius 1 is 1.29 bits per heavy atom. The van der Waals surface area contributed by atoms with E-state index in [1.54, 1.807) is 13.8 Å². The Morgan fingerprint density at radius 2 is 1.82 bits per heavy atom. The molecule has 1 fully saturated rings. The Hall–Kier alpha value is -1.04. The van der Waals surface area contributed by atoms with Crippen molar-refractivity contribution in [2.75, 3.05) is 19.8 Å².